The predicted molar refractivity (Wildman–Crippen MR) is 98.9 cm³/mol. The smallest absolute Gasteiger partial charge is 0.276 e. The standard InChI is InChI=1S/C17H22N4O4S/c1-12-10-16(19-21(12)15-6-8-25-9-7-15)17(22)18-13-4-3-5-14(11-13)20-26(2,23)24/h3-5,10-11,15,20H,6-9H2,1-2H3,(H,18,22). The lowest BCUT2D eigenvalue weighted by atomic mass is 10.1. The van der Waals surface area contributed by atoms with Gasteiger partial charge >= 0.3 is 0 Å². The van der Waals surface area contributed by atoms with Crippen LogP contribution in [0.25, 0.3) is 0 Å². The Kier molecular flexibility index (Phi) is 5.28. The summed E-state index contributed by atoms with van der Waals surface area (Å²) in [6, 6.07) is 8.52. The molecule has 140 valence electrons. The van der Waals surface area contributed by atoms with Gasteiger partial charge in [-0.3, -0.25) is 14.2 Å². The van der Waals surface area contributed by atoms with Crippen molar-refractivity contribution in [2.75, 3.05) is 29.5 Å². The highest BCUT2D eigenvalue weighted by atomic mass is 32.2. The fraction of sp³-hybridized carbons (Fsp3) is 0.412. The first-order valence-electron chi connectivity index (χ1n) is 8.35. The molecule has 8 nitrogen and oxygen atoms in total. The number of amides is 1. The summed E-state index contributed by atoms with van der Waals surface area (Å²) in [6.45, 7) is 3.33. The van der Waals surface area contributed by atoms with E-state index >= 15 is 0 Å². The molecule has 1 amide bonds. The number of aryl methyl sites for hydroxylation is 1. The topological polar surface area (TPSA) is 102 Å². The Morgan fingerprint density at radius 1 is 1.23 bits per heavy atom. The van der Waals surface area contributed by atoms with Crippen molar-refractivity contribution in [3.8, 4) is 0 Å². The van der Waals surface area contributed by atoms with E-state index in [1.807, 2.05) is 11.6 Å². The molecule has 1 fully saturated rings. The molecule has 0 saturated carbocycles. The second kappa shape index (κ2) is 7.46. The molecular weight excluding hydrogens is 356 g/mol. The molecule has 1 aromatic heterocycles. The Balaban J connectivity index is 1.73. The maximum absolute atomic E-state index is 12.5. The molecule has 0 bridgehead atoms. The van der Waals surface area contributed by atoms with Crippen LogP contribution in [-0.2, 0) is 14.8 Å². The van der Waals surface area contributed by atoms with Gasteiger partial charge in [-0.2, -0.15) is 5.10 Å². The number of carbonyl (C=O) groups is 1. The lowest BCUT2D eigenvalue weighted by Crippen LogP contribution is -2.22. The van der Waals surface area contributed by atoms with Crippen LogP contribution in [0.2, 0.25) is 0 Å². The number of aromatic nitrogens is 2. The van der Waals surface area contributed by atoms with Crippen LogP contribution in [0, 0.1) is 6.92 Å². The SMILES string of the molecule is Cc1cc(C(=O)Nc2cccc(NS(C)(=O)=O)c2)nn1C1CCOCC1. The number of anilines is 2. The number of hydrogen-bond donors (Lipinski definition) is 2. The van der Waals surface area contributed by atoms with Crippen LogP contribution < -0.4 is 10.0 Å². The highest BCUT2D eigenvalue weighted by molar-refractivity contribution is 7.92. The van der Waals surface area contributed by atoms with Gasteiger partial charge in [0.05, 0.1) is 18.0 Å². The van der Waals surface area contributed by atoms with Crippen molar-refractivity contribution >= 4 is 27.3 Å². The number of rotatable bonds is 5. The third kappa shape index (κ3) is 4.61. The molecule has 2 heterocycles. The minimum Gasteiger partial charge on any atom is -0.381 e. The molecule has 0 unspecified atom stereocenters. The number of benzene rings is 1. The van der Waals surface area contributed by atoms with Crippen molar-refractivity contribution in [2.45, 2.75) is 25.8 Å². The van der Waals surface area contributed by atoms with Gasteiger partial charge in [0.1, 0.15) is 0 Å². The summed E-state index contributed by atoms with van der Waals surface area (Å²) >= 11 is 0. The van der Waals surface area contributed by atoms with Gasteiger partial charge in [-0.15, -0.1) is 0 Å². The summed E-state index contributed by atoms with van der Waals surface area (Å²) in [5.41, 5.74) is 2.13. The van der Waals surface area contributed by atoms with E-state index in [2.05, 4.69) is 15.1 Å². The predicted octanol–water partition coefficient (Wildman–Crippen LogP) is 2.17. The zero-order valence-corrected chi connectivity index (χ0v) is 15.5. The molecule has 2 N–H and O–H groups in total. The number of ether oxygens (including phenoxy) is 1. The Bertz CT molecular complexity index is 901. The van der Waals surface area contributed by atoms with E-state index < -0.39 is 10.0 Å². The zero-order valence-electron chi connectivity index (χ0n) is 14.7. The first kappa shape index (κ1) is 18.4. The molecule has 1 aliphatic heterocycles. The average molecular weight is 378 g/mol. The van der Waals surface area contributed by atoms with E-state index in [4.69, 9.17) is 4.74 Å². The molecular formula is C17H22N4O4S. The highest BCUT2D eigenvalue weighted by Gasteiger charge is 2.21. The monoisotopic (exact) mass is 378 g/mol. The van der Waals surface area contributed by atoms with Gasteiger partial charge in [-0.25, -0.2) is 8.42 Å². The highest BCUT2D eigenvalue weighted by Crippen LogP contribution is 2.23. The molecule has 1 aromatic carbocycles. The maximum atomic E-state index is 12.5. The fourth-order valence-corrected chi connectivity index (χ4v) is 3.52. The summed E-state index contributed by atoms with van der Waals surface area (Å²) in [5, 5.41) is 7.20. The van der Waals surface area contributed by atoms with Crippen molar-refractivity contribution in [3.05, 3.63) is 41.7 Å². The summed E-state index contributed by atoms with van der Waals surface area (Å²) in [6.07, 6.45) is 2.83. The number of sulfonamides is 1. The molecule has 2 aromatic rings. The van der Waals surface area contributed by atoms with Crippen molar-refractivity contribution < 1.29 is 17.9 Å². The Morgan fingerprint density at radius 3 is 2.62 bits per heavy atom. The molecule has 1 aliphatic rings. The number of hydrogen-bond acceptors (Lipinski definition) is 5. The van der Waals surface area contributed by atoms with Crippen LogP contribution in [-0.4, -0.2) is 43.6 Å². The molecule has 3 rings (SSSR count). The van der Waals surface area contributed by atoms with E-state index in [0.29, 0.717) is 30.3 Å². The minimum absolute atomic E-state index is 0.243. The first-order valence-corrected chi connectivity index (χ1v) is 10.2. The maximum Gasteiger partial charge on any atom is 0.276 e. The van der Waals surface area contributed by atoms with Gasteiger partial charge in [0, 0.05) is 24.6 Å². The zero-order chi connectivity index (χ0) is 18.7. The van der Waals surface area contributed by atoms with E-state index in [1.54, 1.807) is 30.3 Å². The number of carbonyl (C=O) groups excluding carboxylic acids is 1. The Morgan fingerprint density at radius 2 is 1.92 bits per heavy atom. The first-order chi connectivity index (χ1) is 12.3. The van der Waals surface area contributed by atoms with E-state index in [0.717, 1.165) is 24.8 Å². The third-order valence-corrected chi connectivity index (χ3v) is 4.72. The van der Waals surface area contributed by atoms with Gasteiger partial charge < -0.3 is 10.1 Å². The second-order valence-corrected chi connectivity index (χ2v) is 8.12. The number of nitrogens with zero attached hydrogens (tertiary/aromatic N) is 2. The van der Waals surface area contributed by atoms with Gasteiger partial charge in [0.2, 0.25) is 10.0 Å². The number of nitrogens with one attached hydrogen (secondary N) is 2. The summed E-state index contributed by atoms with van der Waals surface area (Å²) in [5.74, 6) is -0.338. The average Bonchev–Trinajstić information content (AvgIpc) is 2.96. The van der Waals surface area contributed by atoms with Crippen LogP contribution in [0.1, 0.15) is 35.1 Å². The quantitative estimate of drug-likeness (QED) is 0.830. The lowest BCUT2D eigenvalue weighted by Gasteiger charge is -2.23. The normalized spacial score (nSPS) is 15.6. The van der Waals surface area contributed by atoms with E-state index in [9.17, 15) is 13.2 Å². The largest absolute Gasteiger partial charge is 0.381 e. The molecule has 1 saturated heterocycles. The molecule has 0 radical (unpaired) electrons. The van der Waals surface area contributed by atoms with Crippen LogP contribution in [0.3, 0.4) is 0 Å². The van der Waals surface area contributed by atoms with E-state index in [1.165, 1.54) is 0 Å². The van der Waals surface area contributed by atoms with Crippen molar-refractivity contribution in [2.24, 2.45) is 0 Å². The Labute approximate surface area is 152 Å². The van der Waals surface area contributed by atoms with Crippen molar-refractivity contribution in [1.29, 1.82) is 0 Å². The van der Waals surface area contributed by atoms with Gasteiger partial charge in [0.15, 0.2) is 5.69 Å². The molecule has 0 atom stereocenters. The van der Waals surface area contributed by atoms with Gasteiger partial charge in [0.25, 0.3) is 5.91 Å². The van der Waals surface area contributed by atoms with Crippen LogP contribution in [0.5, 0.6) is 0 Å². The van der Waals surface area contributed by atoms with Gasteiger partial charge in [-0.05, 0) is 44.0 Å². The van der Waals surface area contributed by atoms with Crippen molar-refractivity contribution in [3.63, 3.8) is 0 Å². The van der Waals surface area contributed by atoms with Crippen LogP contribution >= 0.6 is 0 Å². The second-order valence-electron chi connectivity index (χ2n) is 6.37. The van der Waals surface area contributed by atoms with Crippen molar-refractivity contribution in [1.82, 2.24) is 9.78 Å². The summed E-state index contributed by atoms with van der Waals surface area (Å²) in [7, 11) is -3.38. The van der Waals surface area contributed by atoms with Gasteiger partial charge in [-0.1, -0.05) is 6.07 Å². The third-order valence-electron chi connectivity index (χ3n) is 4.12. The van der Waals surface area contributed by atoms with E-state index in [-0.39, 0.29) is 11.9 Å². The minimum atomic E-state index is -3.38. The molecule has 0 aliphatic carbocycles. The van der Waals surface area contributed by atoms with Crippen LogP contribution in [0.4, 0.5) is 11.4 Å². The summed E-state index contributed by atoms with van der Waals surface area (Å²) in [4.78, 5) is 12.5. The lowest BCUT2D eigenvalue weighted by molar-refractivity contribution is 0.0655. The fourth-order valence-electron chi connectivity index (χ4n) is 2.97. The molecule has 9 heteroatoms. The molecule has 26 heavy (non-hydrogen) atoms. The molecule has 0 spiro atoms. The van der Waals surface area contributed by atoms with Crippen LogP contribution in [0.15, 0.2) is 30.3 Å². The Hall–Kier alpha value is -2.39. The summed E-state index contributed by atoms with van der Waals surface area (Å²) < 4.78 is 32.3.